The molecule has 15 atom stereocenters. The van der Waals surface area contributed by atoms with Crippen LogP contribution in [0.15, 0.2) is 0 Å². The summed E-state index contributed by atoms with van der Waals surface area (Å²) < 4.78 is 27.1. The van der Waals surface area contributed by atoms with E-state index in [0.29, 0.717) is 0 Å². The van der Waals surface area contributed by atoms with Gasteiger partial charge in [-0.15, -0.1) is 0 Å². The van der Waals surface area contributed by atoms with Crippen LogP contribution in [0.4, 0.5) is 0 Å². The molecule has 3 rings (SSSR count). The summed E-state index contributed by atoms with van der Waals surface area (Å²) in [6.45, 7) is 4.44. The van der Waals surface area contributed by atoms with Crippen LogP contribution in [0.2, 0.25) is 0 Å². The first-order valence-electron chi connectivity index (χ1n) is 10.2. The first-order valence-corrected chi connectivity index (χ1v) is 10.2. The monoisotopic (exact) mass is 456 g/mol. The van der Waals surface area contributed by atoms with Gasteiger partial charge in [0.2, 0.25) is 0 Å². The highest BCUT2D eigenvalue weighted by Gasteiger charge is 2.51. The normalized spacial score (nSPS) is 56.4. The Morgan fingerprint density at radius 1 is 0.452 bits per heavy atom. The van der Waals surface area contributed by atoms with Crippen molar-refractivity contribution in [1.29, 1.82) is 0 Å². The maximum atomic E-state index is 10.6. The largest absolute Gasteiger partial charge is 0.388 e. The van der Waals surface area contributed by atoms with Gasteiger partial charge < -0.3 is 64.5 Å². The van der Waals surface area contributed by atoms with E-state index < -0.39 is 92.1 Å². The Balaban J connectivity index is 1.65. The van der Waals surface area contributed by atoms with Crippen molar-refractivity contribution >= 4 is 0 Å². The maximum Gasteiger partial charge on any atom is 0.187 e. The third kappa shape index (κ3) is 4.89. The van der Waals surface area contributed by atoms with Crippen molar-refractivity contribution in [3.63, 3.8) is 0 Å². The molecule has 8 N–H and O–H groups in total. The number of aliphatic hydroxyl groups is 8. The fourth-order valence-corrected chi connectivity index (χ4v) is 3.95. The Morgan fingerprint density at radius 3 is 1.42 bits per heavy atom. The molecule has 3 aliphatic heterocycles. The van der Waals surface area contributed by atoms with Crippen LogP contribution in [-0.4, -0.2) is 133 Å². The lowest BCUT2D eigenvalue weighted by molar-refractivity contribution is -0.370. The van der Waals surface area contributed by atoms with Gasteiger partial charge in [-0.1, -0.05) is 0 Å². The Morgan fingerprint density at radius 2 is 0.871 bits per heavy atom. The summed E-state index contributed by atoms with van der Waals surface area (Å²) in [7, 11) is 0. The average molecular weight is 456 g/mol. The van der Waals surface area contributed by atoms with Gasteiger partial charge in [0, 0.05) is 0 Å². The molecule has 3 saturated heterocycles. The molecule has 0 radical (unpaired) electrons. The Labute approximate surface area is 178 Å². The Kier molecular flexibility index (Phi) is 7.91. The minimum atomic E-state index is -1.67. The fraction of sp³-hybridized carbons (Fsp3) is 1.00. The summed E-state index contributed by atoms with van der Waals surface area (Å²) in [6, 6.07) is 0. The van der Waals surface area contributed by atoms with E-state index in [1.165, 1.54) is 20.8 Å². The number of hydrogen-bond acceptors (Lipinski definition) is 13. The minimum Gasteiger partial charge on any atom is -0.388 e. The van der Waals surface area contributed by atoms with Crippen LogP contribution in [0.5, 0.6) is 0 Å². The van der Waals surface area contributed by atoms with E-state index in [0.717, 1.165) is 0 Å². The topological polar surface area (TPSA) is 208 Å². The summed E-state index contributed by atoms with van der Waals surface area (Å²) in [4.78, 5) is 0. The molecule has 13 heteroatoms. The summed E-state index contributed by atoms with van der Waals surface area (Å²) in [5.74, 6) is 0. The summed E-state index contributed by atoms with van der Waals surface area (Å²) in [5.41, 5.74) is 0. The van der Waals surface area contributed by atoms with Crippen molar-refractivity contribution in [1.82, 2.24) is 0 Å². The van der Waals surface area contributed by atoms with Gasteiger partial charge in [-0.2, -0.15) is 0 Å². The molecule has 3 aliphatic rings. The zero-order chi connectivity index (χ0) is 23.2. The molecular weight excluding hydrogens is 424 g/mol. The van der Waals surface area contributed by atoms with Crippen LogP contribution in [-0.2, 0) is 23.7 Å². The third-order valence-electron chi connectivity index (χ3n) is 5.96. The van der Waals surface area contributed by atoms with Crippen LogP contribution < -0.4 is 0 Å². The zero-order valence-corrected chi connectivity index (χ0v) is 17.3. The van der Waals surface area contributed by atoms with Crippen LogP contribution in [0.1, 0.15) is 20.8 Å². The van der Waals surface area contributed by atoms with Gasteiger partial charge in [-0.3, -0.25) is 0 Å². The average Bonchev–Trinajstić information content (AvgIpc) is 2.72. The molecule has 0 aromatic rings. The van der Waals surface area contributed by atoms with Gasteiger partial charge in [0.25, 0.3) is 0 Å². The first kappa shape index (κ1) is 25.1. The fourth-order valence-electron chi connectivity index (χ4n) is 3.95. The highest BCUT2D eigenvalue weighted by molar-refractivity contribution is 4.94. The van der Waals surface area contributed by atoms with Crippen LogP contribution >= 0.6 is 0 Å². The van der Waals surface area contributed by atoms with E-state index >= 15 is 0 Å². The van der Waals surface area contributed by atoms with Crippen molar-refractivity contribution in [2.75, 3.05) is 0 Å². The lowest BCUT2D eigenvalue weighted by atomic mass is 9.96. The van der Waals surface area contributed by atoms with Crippen LogP contribution in [0, 0.1) is 0 Å². The molecule has 31 heavy (non-hydrogen) atoms. The number of ether oxygens (including phenoxy) is 5. The molecule has 0 amide bonds. The number of hydrogen-bond donors (Lipinski definition) is 8. The van der Waals surface area contributed by atoms with Gasteiger partial charge in [0.05, 0.1) is 18.3 Å². The highest BCUT2D eigenvalue weighted by atomic mass is 16.7. The van der Waals surface area contributed by atoms with E-state index in [1.807, 2.05) is 0 Å². The lowest BCUT2D eigenvalue weighted by Gasteiger charge is -2.47. The maximum absolute atomic E-state index is 10.6. The molecule has 0 aliphatic carbocycles. The predicted octanol–water partition coefficient (Wildman–Crippen LogP) is -4.49. The molecule has 182 valence electrons. The van der Waals surface area contributed by atoms with Crippen LogP contribution in [0.25, 0.3) is 0 Å². The third-order valence-corrected chi connectivity index (χ3v) is 5.96. The first-order chi connectivity index (χ1) is 14.4. The van der Waals surface area contributed by atoms with Gasteiger partial charge in [0.15, 0.2) is 18.9 Å². The predicted molar refractivity (Wildman–Crippen MR) is 97.0 cm³/mol. The summed E-state index contributed by atoms with van der Waals surface area (Å²) >= 11 is 0. The van der Waals surface area contributed by atoms with E-state index in [1.54, 1.807) is 0 Å². The second-order valence-corrected chi connectivity index (χ2v) is 8.29. The van der Waals surface area contributed by atoms with Crippen LogP contribution in [0.3, 0.4) is 0 Å². The smallest absolute Gasteiger partial charge is 0.187 e. The SMILES string of the molecule is C[C@@H]1O[C@H](O[C@@H]2[C@H](O)[C@@H](O)[C@@H](O[C@@H]3[C@H](O)[C@H](O)[C@H](O)O[C@@H]3C)O[C@@H]2C)[C@H](O)[C@@H](O)[C@H]1O. The standard InChI is InChI=1S/C18H32O13/c1-4-7(19)8(20)12(24)17(28-4)31-15-6(3)29-18(13(25)10(15)22)30-14-5(2)27-16(26)11(23)9(14)21/h4-26H,1-3H3/t4-,5+,6+,7-,8-,9+,10+,11-,12+,13+,14-,15-,16+,17+,18+/m0/s1. The van der Waals surface area contributed by atoms with Gasteiger partial charge in [-0.25, -0.2) is 0 Å². The van der Waals surface area contributed by atoms with E-state index in [2.05, 4.69) is 0 Å². The van der Waals surface area contributed by atoms with Crippen molar-refractivity contribution in [2.45, 2.75) is 113 Å². The molecule has 3 heterocycles. The minimum absolute atomic E-state index is 0.864. The van der Waals surface area contributed by atoms with E-state index in [4.69, 9.17) is 23.7 Å². The van der Waals surface area contributed by atoms with Crippen molar-refractivity contribution < 1.29 is 64.5 Å². The molecule has 0 aromatic heterocycles. The van der Waals surface area contributed by atoms with Gasteiger partial charge >= 0.3 is 0 Å². The molecule has 0 saturated carbocycles. The molecular formula is C18H32O13. The number of aliphatic hydroxyl groups excluding tert-OH is 8. The number of rotatable bonds is 4. The lowest BCUT2D eigenvalue weighted by Crippen LogP contribution is -2.65. The van der Waals surface area contributed by atoms with Crippen molar-refractivity contribution in [2.24, 2.45) is 0 Å². The molecule has 0 spiro atoms. The molecule has 3 fully saturated rings. The van der Waals surface area contributed by atoms with E-state index in [9.17, 15) is 40.9 Å². The Bertz CT molecular complexity index is 595. The zero-order valence-electron chi connectivity index (χ0n) is 17.3. The molecule has 0 unspecified atom stereocenters. The van der Waals surface area contributed by atoms with Crippen molar-refractivity contribution in [3.05, 3.63) is 0 Å². The second-order valence-electron chi connectivity index (χ2n) is 8.29. The molecule has 0 bridgehead atoms. The second kappa shape index (κ2) is 9.77. The Hall–Kier alpha value is -0.520. The van der Waals surface area contributed by atoms with Gasteiger partial charge in [-0.05, 0) is 20.8 Å². The summed E-state index contributed by atoms with van der Waals surface area (Å²) in [6.07, 6.45) is -20.4. The molecule has 13 nitrogen and oxygen atoms in total. The molecule has 0 aromatic carbocycles. The highest BCUT2D eigenvalue weighted by Crippen LogP contribution is 2.31. The quantitative estimate of drug-likeness (QED) is 0.201. The van der Waals surface area contributed by atoms with Gasteiger partial charge in [0.1, 0.15) is 54.9 Å². The summed E-state index contributed by atoms with van der Waals surface area (Å²) in [5, 5.41) is 80.4. The van der Waals surface area contributed by atoms with Crippen molar-refractivity contribution in [3.8, 4) is 0 Å². The van der Waals surface area contributed by atoms with E-state index in [-0.39, 0.29) is 0 Å².